The van der Waals surface area contributed by atoms with E-state index in [0.29, 0.717) is 19.6 Å². The second-order valence-electron chi connectivity index (χ2n) is 5.56. The van der Waals surface area contributed by atoms with Crippen LogP contribution in [0.1, 0.15) is 6.92 Å². The highest BCUT2D eigenvalue weighted by Crippen LogP contribution is 2.13. The molecule has 1 aromatic carbocycles. The van der Waals surface area contributed by atoms with Gasteiger partial charge in [0.25, 0.3) is 0 Å². The topological polar surface area (TPSA) is 101 Å². The smallest absolute Gasteiger partial charge is 0.241 e. The molecule has 0 saturated carbocycles. The monoisotopic (exact) mass is 339 g/mol. The molecule has 8 heteroatoms. The molecule has 0 spiro atoms. The number of carbonyl (C=O) groups is 2. The first-order valence-electron chi connectivity index (χ1n) is 7.38. The number of carbonyl (C=O) groups excluding carboxylic acids is 2. The van der Waals surface area contributed by atoms with Crippen LogP contribution >= 0.6 is 0 Å². The molecule has 1 fully saturated rings. The highest BCUT2D eigenvalue weighted by molar-refractivity contribution is 7.91. The molecule has 1 atom stereocenters. The van der Waals surface area contributed by atoms with Crippen molar-refractivity contribution < 1.29 is 18.0 Å². The van der Waals surface area contributed by atoms with Crippen LogP contribution in [-0.2, 0) is 19.4 Å². The van der Waals surface area contributed by atoms with E-state index in [1.54, 1.807) is 30.3 Å². The lowest BCUT2D eigenvalue weighted by molar-refractivity contribution is -0.140. The summed E-state index contributed by atoms with van der Waals surface area (Å²) < 4.78 is 24.6. The van der Waals surface area contributed by atoms with Crippen LogP contribution in [0.25, 0.3) is 0 Å². The molecular formula is C15H21N3O4S. The van der Waals surface area contributed by atoms with Crippen LogP contribution in [0.2, 0.25) is 0 Å². The SMILES string of the molecule is CC(=O)N1CCN(CCS(=O)(=O)c2ccccc2)C[C@@H]1C(N)=O. The largest absolute Gasteiger partial charge is 0.368 e. The number of rotatable bonds is 5. The summed E-state index contributed by atoms with van der Waals surface area (Å²) in [6.07, 6.45) is 0. The van der Waals surface area contributed by atoms with E-state index >= 15 is 0 Å². The van der Waals surface area contributed by atoms with Crippen molar-refractivity contribution in [3.8, 4) is 0 Å². The molecule has 1 aromatic rings. The summed E-state index contributed by atoms with van der Waals surface area (Å²) in [5.41, 5.74) is 5.35. The molecule has 126 valence electrons. The third-order valence-electron chi connectivity index (χ3n) is 3.98. The van der Waals surface area contributed by atoms with Gasteiger partial charge in [-0.25, -0.2) is 8.42 Å². The zero-order chi connectivity index (χ0) is 17.0. The molecule has 2 rings (SSSR count). The number of hydrogen-bond donors (Lipinski definition) is 1. The van der Waals surface area contributed by atoms with E-state index in [9.17, 15) is 18.0 Å². The molecule has 2 amide bonds. The Morgan fingerprint density at radius 3 is 2.43 bits per heavy atom. The quantitative estimate of drug-likeness (QED) is 0.778. The zero-order valence-electron chi connectivity index (χ0n) is 13.0. The number of piperazine rings is 1. The van der Waals surface area contributed by atoms with Crippen LogP contribution in [-0.4, -0.2) is 68.0 Å². The Morgan fingerprint density at radius 2 is 1.87 bits per heavy atom. The Bertz CT molecular complexity index is 675. The van der Waals surface area contributed by atoms with E-state index in [1.807, 2.05) is 4.90 Å². The van der Waals surface area contributed by atoms with Gasteiger partial charge in [0.15, 0.2) is 9.84 Å². The van der Waals surface area contributed by atoms with Crippen LogP contribution in [0, 0.1) is 0 Å². The van der Waals surface area contributed by atoms with Gasteiger partial charge in [0, 0.05) is 33.1 Å². The summed E-state index contributed by atoms with van der Waals surface area (Å²) >= 11 is 0. The summed E-state index contributed by atoms with van der Waals surface area (Å²) in [6, 6.07) is 7.55. The molecule has 23 heavy (non-hydrogen) atoms. The molecule has 1 aliphatic rings. The Labute approximate surface area is 136 Å². The number of amides is 2. The highest BCUT2D eigenvalue weighted by atomic mass is 32.2. The molecule has 0 bridgehead atoms. The van der Waals surface area contributed by atoms with Crippen LogP contribution in [0.5, 0.6) is 0 Å². The molecule has 2 N–H and O–H groups in total. The lowest BCUT2D eigenvalue weighted by Crippen LogP contribution is -2.59. The van der Waals surface area contributed by atoms with Gasteiger partial charge in [-0.2, -0.15) is 0 Å². The summed E-state index contributed by atoms with van der Waals surface area (Å²) in [4.78, 5) is 26.6. The number of primary amides is 1. The van der Waals surface area contributed by atoms with Crippen molar-refractivity contribution in [1.29, 1.82) is 0 Å². The Balaban J connectivity index is 1.99. The van der Waals surface area contributed by atoms with Crippen LogP contribution in [0.15, 0.2) is 35.2 Å². The standard InChI is InChI=1S/C15H21N3O4S/c1-12(19)18-8-7-17(11-14(18)15(16)20)9-10-23(21,22)13-5-3-2-4-6-13/h2-6,14H,7-11H2,1H3,(H2,16,20)/t14-/m1/s1. The van der Waals surface area contributed by atoms with Gasteiger partial charge in [0.1, 0.15) is 6.04 Å². The van der Waals surface area contributed by atoms with Crippen molar-refractivity contribution in [2.24, 2.45) is 5.73 Å². The van der Waals surface area contributed by atoms with Crippen LogP contribution in [0.3, 0.4) is 0 Å². The summed E-state index contributed by atoms with van der Waals surface area (Å²) in [5, 5.41) is 0. The van der Waals surface area contributed by atoms with E-state index in [4.69, 9.17) is 5.73 Å². The van der Waals surface area contributed by atoms with Crippen molar-refractivity contribution in [1.82, 2.24) is 9.80 Å². The second kappa shape index (κ2) is 7.10. The van der Waals surface area contributed by atoms with Crippen LogP contribution in [0.4, 0.5) is 0 Å². The fourth-order valence-corrected chi connectivity index (χ4v) is 3.96. The fourth-order valence-electron chi connectivity index (χ4n) is 2.66. The van der Waals surface area contributed by atoms with Gasteiger partial charge in [-0.05, 0) is 12.1 Å². The number of nitrogens with zero attached hydrogens (tertiary/aromatic N) is 2. The normalized spacial score (nSPS) is 19.5. The predicted octanol–water partition coefficient (Wildman–Crippen LogP) is -0.522. The molecule has 1 saturated heterocycles. The van der Waals surface area contributed by atoms with Gasteiger partial charge in [-0.3, -0.25) is 14.5 Å². The molecule has 0 unspecified atom stereocenters. The van der Waals surface area contributed by atoms with Crippen molar-refractivity contribution in [3.05, 3.63) is 30.3 Å². The number of sulfone groups is 1. The molecule has 1 heterocycles. The molecule has 7 nitrogen and oxygen atoms in total. The third-order valence-corrected chi connectivity index (χ3v) is 5.69. The van der Waals surface area contributed by atoms with Gasteiger partial charge in [0.2, 0.25) is 11.8 Å². The summed E-state index contributed by atoms with van der Waals surface area (Å²) in [5.74, 6) is -0.816. The van der Waals surface area contributed by atoms with E-state index in [2.05, 4.69) is 0 Å². The van der Waals surface area contributed by atoms with Crippen molar-refractivity contribution in [3.63, 3.8) is 0 Å². The van der Waals surface area contributed by atoms with E-state index in [1.165, 1.54) is 11.8 Å². The first kappa shape index (κ1) is 17.4. The molecule has 1 aliphatic heterocycles. The zero-order valence-corrected chi connectivity index (χ0v) is 13.8. The number of nitrogens with two attached hydrogens (primary N) is 1. The van der Waals surface area contributed by atoms with Crippen molar-refractivity contribution >= 4 is 21.7 Å². The minimum absolute atomic E-state index is 0.0391. The predicted molar refractivity (Wildman–Crippen MR) is 85.3 cm³/mol. The van der Waals surface area contributed by atoms with E-state index < -0.39 is 21.8 Å². The highest BCUT2D eigenvalue weighted by Gasteiger charge is 2.32. The maximum absolute atomic E-state index is 12.3. The second-order valence-corrected chi connectivity index (χ2v) is 7.67. The van der Waals surface area contributed by atoms with Crippen molar-refractivity contribution in [2.45, 2.75) is 17.9 Å². The average molecular weight is 339 g/mol. The van der Waals surface area contributed by atoms with E-state index in [0.717, 1.165) is 0 Å². The Kier molecular flexibility index (Phi) is 5.38. The van der Waals surface area contributed by atoms with E-state index in [-0.39, 0.29) is 23.1 Å². The van der Waals surface area contributed by atoms with Crippen molar-refractivity contribution in [2.75, 3.05) is 31.9 Å². The molecule has 0 radical (unpaired) electrons. The van der Waals surface area contributed by atoms with Gasteiger partial charge < -0.3 is 10.6 Å². The summed E-state index contributed by atoms with van der Waals surface area (Å²) in [7, 11) is -3.37. The number of benzene rings is 1. The first-order chi connectivity index (χ1) is 10.8. The molecule has 0 aliphatic carbocycles. The van der Waals surface area contributed by atoms with Crippen LogP contribution < -0.4 is 5.73 Å². The Morgan fingerprint density at radius 1 is 1.22 bits per heavy atom. The molecular weight excluding hydrogens is 318 g/mol. The summed E-state index contributed by atoms with van der Waals surface area (Å²) in [6.45, 7) is 2.85. The minimum atomic E-state index is -3.37. The van der Waals surface area contributed by atoms with Gasteiger partial charge >= 0.3 is 0 Å². The third kappa shape index (κ3) is 4.29. The Hall–Kier alpha value is -1.93. The number of hydrogen-bond acceptors (Lipinski definition) is 5. The lowest BCUT2D eigenvalue weighted by atomic mass is 10.1. The van der Waals surface area contributed by atoms with Gasteiger partial charge in [-0.15, -0.1) is 0 Å². The lowest BCUT2D eigenvalue weighted by Gasteiger charge is -2.39. The maximum atomic E-state index is 12.3. The average Bonchev–Trinajstić information content (AvgIpc) is 2.53. The fraction of sp³-hybridized carbons (Fsp3) is 0.467. The minimum Gasteiger partial charge on any atom is -0.368 e. The van der Waals surface area contributed by atoms with Gasteiger partial charge in [0.05, 0.1) is 10.6 Å². The van der Waals surface area contributed by atoms with Gasteiger partial charge in [-0.1, -0.05) is 18.2 Å². The maximum Gasteiger partial charge on any atom is 0.241 e. The first-order valence-corrected chi connectivity index (χ1v) is 9.03. The molecule has 0 aromatic heterocycles.